The molecule has 1 N–H and O–H groups in total. The van der Waals surface area contributed by atoms with Crippen LogP contribution in [0.3, 0.4) is 0 Å². The molecule has 0 aliphatic rings. The Morgan fingerprint density at radius 3 is 2.72 bits per heavy atom. The van der Waals surface area contributed by atoms with E-state index in [0.29, 0.717) is 0 Å². The molecule has 25 heavy (non-hydrogen) atoms. The highest BCUT2D eigenvalue weighted by Gasteiger charge is 2.12. The van der Waals surface area contributed by atoms with Crippen molar-refractivity contribution in [3.8, 4) is 5.75 Å². The number of ether oxygens (including phenoxy) is 1. The molecule has 2 aromatic carbocycles. The third-order valence-electron chi connectivity index (χ3n) is 3.74. The van der Waals surface area contributed by atoms with Crippen molar-refractivity contribution < 1.29 is 4.74 Å². The Kier molecular flexibility index (Phi) is 4.83. The zero-order chi connectivity index (χ0) is 16.7. The lowest BCUT2D eigenvalue weighted by molar-refractivity contribution is 0.244. The van der Waals surface area contributed by atoms with Crippen LogP contribution >= 0.6 is 23.7 Å². The molecule has 0 saturated carbocycles. The van der Waals surface area contributed by atoms with Crippen LogP contribution in [-0.4, -0.2) is 20.6 Å². The number of aryl methyl sites for hydroxylation is 1. The van der Waals surface area contributed by atoms with Crippen LogP contribution in [0.2, 0.25) is 0 Å². The van der Waals surface area contributed by atoms with Crippen molar-refractivity contribution in [2.45, 2.75) is 20.0 Å². The van der Waals surface area contributed by atoms with Gasteiger partial charge in [-0.25, -0.2) is 9.97 Å². The van der Waals surface area contributed by atoms with Gasteiger partial charge >= 0.3 is 0 Å². The van der Waals surface area contributed by atoms with Gasteiger partial charge in [0.15, 0.2) is 5.13 Å². The largest absolute Gasteiger partial charge is 0.489 e. The predicted octanol–water partition coefficient (Wildman–Crippen LogP) is 5.14. The fourth-order valence-electron chi connectivity index (χ4n) is 2.68. The highest BCUT2D eigenvalue weighted by atomic mass is 35.5. The first-order chi connectivity index (χ1) is 11.6. The Labute approximate surface area is 156 Å². The topological polar surface area (TPSA) is 52.0 Å². The van der Waals surface area contributed by atoms with Crippen LogP contribution in [0.25, 0.3) is 21.3 Å². The third-order valence-corrected chi connectivity index (χ3v) is 4.68. The number of para-hydroxylation sites is 2. The van der Waals surface area contributed by atoms with E-state index in [1.165, 1.54) is 0 Å². The number of thiazole rings is 1. The number of imidazole rings is 1. The molecule has 0 radical (unpaired) electrons. The molecule has 0 fully saturated rings. The zero-order valence-corrected chi connectivity index (χ0v) is 15.8. The number of nitrogens with zero attached hydrogens (tertiary/aromatic N) is 3. The van der Waals surface area contributed by atoms with Gasteiger partial charge in [0.25, 0.3) is 0 Å². The van der Waals surface area contributed by atoms with Gasteiger partial charge in [0, 0.05) is 7.05 Å². The summed E-state index contributed by atoms with van der Waals surface area (Å²) in [4.78, 5) is 9.22. The number of rotatable bonds is 4. The Morgan fingerprint density at radius 1 is 1.12 bits per heavy atom. The van der Waals surface area contributed by atoms with Crippen molar-refractivity contribution in [3.05, 3.63) is 42.7 Å². The smallest absolute Gasteiger partial charge is 0.188 e. The zero-order valence-electron chi connectivity index (χ0n) is 14.2. The third kappa shape index (κ3) is 3.27. The van der Waals surface area contributed by atoms with E-state index >= 15 is 0 Å². The van der Waals surface area contributed by atoms with Crippen LogP contribution in [0.1, 0.15) is 13.8 Å². The Balaban J connectivity index is 0.00000182. The monoisotopic (exact) mass is 374 g/mol. The molecule has 130 valence electrons. The minimum Gasteiger partial charge on any atom is -0.489 e. The lowest BCUT2D eigenvalue weighted by Gasteiger charge is -2.14. The van der Waals surface area contributed by atoms with E-state index in [2.05, 4.69) is 22.4 Å². The van der Waals surface area contributed by atoms with Crippen LogP contribution in [0.15, 0.2) is 42.7 Å². The maximum atomic E-state index is 5.86. The van der Waals surface area contributed by atoms with Crippen molar-refractivity contribution in [1.82, 2.24) is 14.5 Å². The minimum absolute atomic E-state index is 0. The predicted molar refractivity (Wildman–Crippen MR) is 107 cm³/mol. The van der Waals surface area contributed by atoms with Gasteiger partial charge in [0.1, 0.15) is 16.8 Å². The Hall–Kier alpha value is -2.31. The number of aromatic nitrogens is 3. The summed E-state index contributed by atoms with van der Waals surface area (Å²) in [6.07, 6.45) is 1.94. The molecule has 2 heterocycles. The van der Waals surface area contributed by atoms with Crippen LogP contribution in [-0.2, 0) is 7.05 Å². The minimum atomic E-state index is 0. The molecular formula is C18H19ClN4OS. The van der Waals surface area contributed by atoms with Gasteiger partial charge in [0.05, 0.1) is 28.3 Å². The number of halogens is 1. The molecule has 4 aromatic rings. The summed E-state index contributed by atoms with van der Waals surface area (Å²) in [5.74, 6) is 0.828. The molecule has 2 aromatic heterocycles. The van der Waals surface area contributed by atoms with Crippen molar-refractivity contribution >= 4 is 55.8 Å². The summed E-state index contributed by atoms with van der Waals surface area (Å²) >= 11 is 1.62. The fraction of sp³-hybridized carbons (Fsp3) is 0.222. The SMILES string of the molecule is CC(C)Oc1ccccc1Nc1nc2c(ccc3c2ncn3C)s1.Cl. The van der Waals surface area contributed by atoms with Crippen LogP contribution in [0.4, 0.5) is 10.8 Å². The van der Waals surface area contributed by atoms with Crippen LogP contribution < -0.4 is 10.1 Å². The van der Waals surface area contributed by atoms with E-state index < -0.39 is 0 Å². The average molecular weight is 375 g/mol. The van der Waals surface area contributed by atoms with Crippen molar-refractivity contribution in [1.29, 1.82) is 0 Å². The lowest BCUT2D eigenvalue weighted by atomic mass is 10.3. The van der Waals surface area contributed by atoms with E-state index in [4.69, 9.17) is 9.72 Å². The van der Waals surface area contributed by atoms with Crippen molar-refractivity contribution in [2.75, 3.05) is 5.32 Å². The first-order valence-corrected chi connectivity index (χ1v) is 8.67. The van der Waals surface area contributed by atoms with Gasteiger partial charge in [-0.05, 0) is 38.1 Å². The highest BCUT2D eigenvalue weighted by Crippen LogP contribution is 2.34. The van der Waals surface area contributed by atoms with E-state index in [0.717, 1.165) is 37.8 Å². The quantitative estimate of drug-likeness (QED) is 0.537. The van der Waals surface area contributed by atoms with E-state index in [1.807, 2.05) is 56.1 Å². The summed E-state index contributed by atoms with van der Waals surface area (Å²) in [6, 6.07) is 12.1. The van der Waals surface area contributed by atoms with Gasteiger partial charge in [-0.2, -0.15) is 0 Å². The van der Waals surface area contributed by atoms with Crippen LogP contribution in [0, 0.1) is 0 Å². The molecule has 0 aliphatic carbocycles. The van der Waals surface area contributed by atoms with Gasteiger partial charge in [-0.3, -0.25) is 0 Å². The van der Waals surface area contributed by atoms with Crippen molar-refractivity contribution in [3.63, 3.8) is 0 Å². The molecule has 0 bridgehead atoms. The summed E-state index contributed by atoms with van der Waals surface area (Å²) in [5, 5.41) is 4.22. The van der Waals surface area contributed by atoms with E-state index in [1.54, 1.807) is 11.3 Å². The number of hydrogen-bond acceptors (Lipinski definition) is 5. The van der Waals surface area contributed by atoms with Gasteiger partial charge < -0.3 is 14.6 Å². The maximum Gasteiger partial charge on any atom is 0.188 e. The van der Waals surface area contributed by atoms with E-state index in [9.17, 15) is 0 Å². The second-order valence-corrected chi connectivity index (χ2v) is 6.97. The normalized spacial score (nSPS) is 11.0. The first-order valence-electron chi connectivity index (χ1n) is 7.85. The summed E-state index contributed by atoms with van der Waals surface area (Å²) < 4.78 is 8.99. The van der Waals surface area contributed by atoms with Gasteiger partial charge in [-0.15, -0.1) is 12.4 Å². The maximum absolute atomic E-state index is 5.86. The molecule has 0 spiro atoms. The number of anilines is 2. The molecule has 0 unspecified atom stereocenters. The second kappa shape index (κ2) is 6.90. The van der Waals surface area contributed by atoms with E-state index in [-0.39, 0.29) is 18.5 Å². The molecule has 5 nitrogen and oxygen atoms in total. The molecule has 0 saturated heterocycles. The Bertz CT molecular complexity index is 1020. The summed E-state index contributed by atoms with van der Waals surface area (Å²) in [7, 11) is 1.99. The highest BCUT2D eigenvalue weighted by molar-refractivity contribution is 7.22. The van der Waals surface area contributed by atoms with Gasteiger partial charge in [-0.1, -0.05) is 23.5 Å². The van der Waals surface area contributed by atoms with Crippen LogP contribution in [0.5, 0.6) is 5.75 Å². The molecular weight excluding hydrogens is 356 g/mol. The molecule has 7 heteroatoms. The second-order valence-electron chi connectivity index (χ2n) is 5.94. The number of fused-ring (bicyclic) bond motifs is 3. The Morgan fingerprint density at radius 2 is 1.92 bits per heavy atom. The summed E-state index contributed by atoms with van der Waals surface area (Å²) in [6.45, 7) is 4.04. The standard InChI is InChI=1S/C18H18N4OS.ClH/c1-11(2)23-14-7-5-4-6-12(14)20-18-21-17-15(24-18)9-8-13-16(17)19-10-22(13)3;/h4-11H,1-3H3,(H,20,21);1H. The number of hydrogen-bond donors (Lipinski definition) is 1. The molecule has 0 atom stereocenters. The summed E-state index contributed by atoms with van der Waals surface area (Å²) in [5.41, 5.74) is 3.87. The van der Waals surface area contributed by atoms with Crippen molar-refractivity contribution in [2.24, 2.45) is 7.05 Å². The fourth-order valence-corrected chi connectivity index (χ4v) is 3.56. The molecule has 0 amide bonds. The molecule has 4 rings (SSSR count). The average Bonchev–Trinajstić information content (AvgIpc) is 3.12. The van der Waals surface area contributed by atoms with Gasteiger partial charge in [0.2, 0.25) is 0 Å². The lowest BCUT2D eigenvalue weighted by Crippen LogP contribution is -2.07. The number of nitrogens with one attached hydrogen (secondary N) is 1. The molecule has 0 aliphatic heterocycles. The number of benzene rings is 2. The first kappa shape index (κ1) is 17.5.